The molecule has 0 spiro atoms. The van der Waals surface area contributed by atoms with Crippen LogP contribution in [0, 0.1) is 0 Å². The lowest BCUT2D eigenvalue weighted by Gasteiger charge is -2.25. The number of rotatable bonds is 1. The maximum atomic E-state index is 6.22. The summed E-state index contributed by atoms with van der Waals surface area (Å²) in [6.07, 6.45) is 3.55. The minimum absolute atomic E-state index is 0.444. The Bertz CT molecular complexity index is 530. The second kappa shape index (κ2) is 3.79. The number of nitrogens with two attached hydrogens (primary N) is 1. The quantitative estimate of drug-likeness (QED) is 0.808. The van der Waals surface area contributed by atoms with Crippen LogP contribution in [0.1, 0.15) is 24.6 Å². The lowest BCUT2D eigenvalue weighted by Crippen LogP contribution is -2.24. The van der Waals surface area contributed by atoms with Gasteiger partial charge in [-0.15, -0.1) is 0 Å². The van der Waals surface area contributed by atoms with Gasteiger partial charge in [-0.2, -0.15) is 0 Å². The molecule has 0 aliphatic carbocycles. The Hall–Kier alpha value is -0.990. The van der Waals surface area contributed by atoms with Crippen molar-refractivity contribution in [2.75, 3.05) is 6.54 Å². The number of aromatic nitrogens is 1. The summed E-state index contributed by atoms with van der Waals surface area (Å²) in [7, 11) is 0. The zero-order valence-electron chi connectivity index (χ0n) is 9.12. The van der Waals surface area contributed by atoms with Gasteiger partial charge in [-0.3, -0.25) is 0 Å². The van der Waals surface area contributed by atoms with Crippen molar-refractivity contribution in [2.24, 2.45) is 5.73 Å². The maximum Gasteiger partial charge on any atom is 0.0500 e. The zero-order chi connectivity index (χ0) is 11.1. The van der Waals surface area contributed by atoms with Gasteiger partial charge in [-0.25, -0.2) is 0 Å². The highest BCUT2D eigenvalue weighted by Gasteiger charge is 2.21. The van der Waals surface area contributed by atoms with Crippen LogP contribution < -0.4 is 5.73 Å². The molecule has 1 aliphatic rings. The molecule has 16 heavy (non-hydrogen) atoms. The van der Waals surface area contributed by atoms with Gasteiger partial charge in [0.1, 0.15) is 0 Å². The van der Waals surface area contributed by atoms with E-state index < -0.39 is 0 Å². The molecule has 2 aromatic rings. The summed E-state index contributed by atoms with van der Waals surface area (Å²) < 4.78 is 2.38. The molecular weight excluding hydrogens is 220 g/mol. The third-order valence-electron chi connectivity index (χ3n) is 3.52. The summed E-state index contributed by atoms with van der Waals surface area (Å²) >= 11 is 6.22. The minimum Gasteiger partial charge on any atom is -0.340 e. The Labute approximate surface area is 100.0 Å². The van der Waals surface area contributed by atoms with Crippen molar-refractivity contribution in [2.45, 2.75) is 25.3 Å². The van der Waals surface area contributed by atoms with Crippen LogP contribution in [0.15, 0.2) is 24.3 Å². The molecule has 2 nitrogen and oxygen atoms in total. The van der Waals surface area contributed by atoms with E-state index in [2.05, 4.69) is 16.7 Å². The molecule has 1 atom stereocenters. The van der Waals surface area contributed by atoms with Crippen molar-refractivity contribution in [1.29, 1.82) is 0 Å². The highest BCUT2D eigenvalue weighted by atomic mass is 35.5. The van der Waals surface area contributed by atoms with E-state index in [1.165, 1.54) is 29.4 Å². The first-order chi connectivity index (χ1) is 7.81. The summed E-state index contributed by atoms with van der Waals surface area (Å²) in [5, 5.41) is 2.01. The molecule has 1 aromatic carbocycles. The van der Waals surface area contributed by atoms with Crippen LogP contribution >= 0.6 is 11.6 Å². The largest absolute Gasteiger partial charge is 0.340 e. The number of hydrogen-bond acceptors (Lipinski definition) is 1. The van der Waals surface area contributed by atoms with Crippen molar-refractivity contribution >= 4 is 22.5 Å². The van der Waals surface area contributed by atoms with E-state index in [1.54, 1.807) is 0 Å². The van der Waals surface area contributed by atoms with Crippen LogP contribution in [0.25, 0.3) is 10.9 Å². The van der Waals surface area contributed by atoms with E-state index >= 15 is 0 Å². The van der Waals surface area contributed by atoms with Gasteiger partial charge in [0.05, 0.1) is 5.52 Å². The molecule has 84 valence electrons. The smallest absolute Gasteiger partial charge is 0.0500 e. The number of halogens is 1. The molecular formula is C13H15ClN2. The summed E-state index contributed by atoms with van der Waals surface area (Å²) in [5.41, 5.74) is 8.47. The minimum atomic E-state index is 0.444. The molecule has 1 aromatic heterocycles. The average Bonchev–Trinajstić information content (AvgIpc) is 2.69. The summed E-state index contributed by atoms with van der Waals surface area (Å²) in [6, 6.07) is 8.77. The molecule has 0 bridgehead atoms. The van der Waals surface area contributed by atoms with Gasteiger partial charge in [-0.05, 0) is 37.5 Å². The van der Waals surface area contributed by atoms with Gasteiger partial charge in [0.15, 0.2) is 0 Å². The van der Waals surface area contributed by atoms with Gasteiger partial charge in [-0.1, -0.05) is 17.7 Å². The number of nitrogens with zero attached hydrogens (tertiary/aromatic N) is 1. The van der Waals surface area contributed by atoms with Crippen molar-refractivity contribution in [3.8, 4) is 0 Å². The highest BCUT2D eigenvalue weighted by molar-refractivity contribution is 6.35. The predicted octanol–water partition coefficient (Wildman–Crippen LogP) is 3.13. The fraction of sp³-hybridized carbons (Fsp3) is 0.385. The molecule has 0 saturated heterocycles. The Morgan fingerprint density at radius 3 is 3.12 bits per heavy atom. The first-order valence-electron chi connectivity index (χ1n) is 5.79. The molecule has 3 heteroatoms. The van der Waals surface area contributed by atoms with Crippen LogP contribution in [0.2, 0.25) is 5.02 Å². The second-order valence-electron chi connectivity index (χ2n) is 4.46. The third-order valence-corrected chi connectivity index (χ3v) is 3.85. The van der Waals surface area contributed by atoms with Crippen molar-refractivity contribution in [3.63, 3.8) is 0 Å². The monoisotopic (exact) mass is 234 g/mol. The van der Waals surface area contributed by atoms with Crippen molar-refractivity contribution < 1.29 is 0 Å². The van der Waals surface area contributed by atoms with E-state index in [0.717, 1.165) is 11.4 Å². The Morgan fingerprint density at radius 2 is 2.31 bits per heavy atom. The van der Waals surface area contributed by atoms with Gasteiger partial charge in [0, 0.05) is 28.7 Å². The number of benzene rings is 1. The number of aryl methyl sites for hydroxylation is 1. The summed E-state index contributed by atoms with van der Waals surface area (Å²) in [5.74, 6) is 0. The first-order valence-corrected chi connectivity index (χ1v) is 6.17. The van der Waals surface area contributed by atoms with Gasteiger partial charge < -0.3 is 10.3 Å². The standard InChI is InChI=1S/C13H15ClN2/c14-12-5-2-6-13-11(12)7-9-3-1-4-10(8-15)16(9)13/h2,5-7,10H,1,3-4,8,15H2. The van der Waals surface area contributed by atoms with E-state index in [9.17, 15) is 0 Å². The molecule has 3 rings (SSSR count). The highest BCUT2D eigenvalue weighted by Crippen LogP contribution is 2.34. The van der Waals surface area contributed by atoms with Gasteiger partial charge >= 0.3 is 0 Å². The SMILES string of the molecule is NCC1CCCc2cc3c(Cl)cccc3n21. The molecule has 2 heterocycles. The molecule has 0 saturated carbocycles. The predicted molar refractivity (Wildman–Crippen MR) is 68.0 cm³/mol. The van der Waals surface area contributed by atoms with E-state index in [1.807, 2.05) is 12.1 Å². The van der Waals surface area contributed by atoms with Gasteiger partial charge in [0.25, 0.3) is 0 Å². The first kappa shape index (κ1) is 10.2. The lowest BCUT2D eigenvalue weighted by molar-refractivity contribution is 0.421. The van der Waals surface area contributed by atoms with Crippen LogP contribution in [-0.4, -0.2) is 11.1 Å². The fourth-order valence-electron chi connectivity index (χ4n) is 2.76. The molecule has 1 unspecified atom stereocenters. The van der Waals surface area contributed by atoms with Crippen molar-refractivity contribution in [3.05, 3.63) is 35.0 Å². The maximum absolute atomic E-state index is 6.22. The normalized spacial score (nSPS) is 20.0. The van der Waals surface area contributed by atoms with E-state index in [4.69, 9.17) is 17.3 Å². The second-order valence-corrected chi connectivity index (χ2v) is 4.87. The van der Waals surface area contributed by atoms with Crippen molar-refractivity contribution in [1.82, 2.24) is 4.57 Å². The molecule has 2 N–H and O–H groups in total. The fourth-order valence-corrected chi connectivity index (χ4v) is 2.99. The van der Waals surface area contributed by atoms with Crippen LogP contribution in [-0.2, 0) is 6.42 Å². The summed E-state index contributed by atoms with van der Waals surface area (Å²) in [4.78, 5) is 0. The molecule has 1 aliphatic heterocycles. The molecule has 0 amide bonds. The number of hydrogen-bond donors (Lipinski definition) is 1. The Balaban J connectivity index is 2.30. The lowest BCUT2D eigenvalue weighted by atomic mass is 10.0. The number of fused-ring (bicyclic) bond motifs is 3. The average molecular weight is 235 g/mol. The zero-order valence-corrected chi connectivity index (χ0v) is 9.87. The summed E-state index contributed by atoms with van der Waals surface area (Å²) in [6.45, 7) is 0.712. The third kappa shape index (κ3) is 1.37. The van der Waals surface area contributed by atoms with Crippen LogP contribution in [0.4, 0.5) is 0 Å². The molecule has 0 fully saturated rings. The van der Waals surface area contributed by atoms with Gasteiger partial charge in [0.2, 0.25) is 0 Å². The van der Waals surface area contributed by atoms with Crippen LogP contribution in [0.5, 0.6) is 0 Å². The van der Waals surface area contributed by atoms with E-state index in [-0.39, 0.29) is 0 Å². The Kier molecular flexibility index (Phi) is 2.41. The molecule has 0 radical (unpaired) electrons. The topological polar surface area (TPSA) is 30.9 Å². The van der Waals surface area contributed by atoms with Crippen LogP contribution in [0.3, 0.4) is 0 Å². The van der Waals surface area contributed by atoms with E-state index in [0.29, 0.717) is 12.6 Å². The Morgan fingerprint density at radius 1 is 1.44 bits per heavy atom.